The van der Waals surface area contributed by atoms with E-state index in [2.05, 4.69) is 10.4 Å². The molecule has 0 aliphatic heterocycles. The lowest BCUT2D eigenvalue weighted by Gasteiger charge is -2.27. The van der Waals surface area contributed by atoms with E-state index >= 15 is 0 Å². The number of fused-ring (bicyclic) bond motifs is 1. The number of phenols is 1. The first-order chi connectivity index (χ1) is 13.6. The molecule has 4 N–H and O–H groups in total. The van der Waals surface area contributed by atoms with Gasteiger partial charge in [0.25, 0.3) is 0 Å². The molecule has 3 aromatic rings. The van der Waals surface area contributed by atoms with Crippen molar-refractivity contribution in [1.82, 2.24) is 15.1 Å². The Morgan fingerprint density at radius 2 is 1.96 bits per heavy atom. The number of halogens is 1. The van der Waals surface area contributed by atoms with Crippen LogP contribution in [0.3, 0.4) is 0 Å². The molecular weight excluding hydrogens is 359 g/mol. The molecular formula is C21H21FN4O2. The smallest absolute Gasteiger partial charge is 0.148 e. The van der Waals surface area contributed by atoms with Crippen molar-refractivity contribution in [3.05, 3.63) is 77.4 Å². The number of nitrogens with one attached hydrogen (secondary N) is 2. The van der Waals surface area contributed by atoms with Gasteiger partial charge in [0.2, 0.25) is 0 Å². The van der Waals surface area contributed by atoms with Gasteiger partial charge in [0.05, 0.1) is 11.9 Å². The van der Waals surface area contributed by atoms with Gasteiger partial charge in [-0.25, -0.2) is 9.07 Å². The summed E-state index contributed by atoms with van der Waals surface area (Å²) >= 11 is 0. The maximum absolute atomic E-state index is 14.2. The molecule has 28 heavy (non-hydrogen) atoms. The van der Waals surface area contributed by atoms with Crippen molar-refractivity contribution in [2.75, 3.05) is 0 Å². The third-order valence-corrected chi connectivity index (χ3v) is 5.09. The summed E-state index contributed by atoms with van der Waals surface area (Å²) in [6.07, 6.45) is 2.81. The van der Waals surface area contributed by atoms with Gasteiger partial charge in [-0.3, -0.25) is 5.32 Å². The van der Waals surface area contributed by atoms with Crippen LogP contribution in [0.1, 0.15) is 35.7 Å². The Kier molecular flexibility index (Phi) is 4.93. The van der Waals surface area contributed by atoms with Crippen LogP contribution in [0.2, 0.25) is 0 Å². The predicted molar refractivity (Wildman–Crippen MR) is 103 cm³/mol. The van der Waals surface area contributed by atoms with Gasteiger partial charge >= 0.3 is 0 Å². The standard InChI is InChI=1S/C21H21FN4O2/c22-15-7-2-3-9-18(15)26-17-10-5-8-16(14(17)12-24-26)25-21(28)20(23)13-6-1-4-11-19(13)27/h1-4,6-7,9,11-12,16,21,23,25,27-28H,5,8,10H2/t16-,21?/m1/s1. The van der Waals surface area contributed by atoms with E-state index in [-0.39, 0.29) is 28.9 Å². The number of hydrogen-bond donors (Lipinski definition) is 4. The van der Waals surface area contributed by atoms with Crippen LogP contribution in [-0.4, -0.2) is 31.9 Å². The highest BCUT2D eigenvalue weighted by atomic mass is 19.1. The van der Waals surface area contributed by atoms with Gasteiger partial charge in [-0.2, -0.15) is 5.10 Å². The van der Waals surface area contributed by atoms with Gasteiger partial charge in [0.1, 0.15) is 23.5 Å². The van der Waals surface area contributed by atoms with Crippen LogP contribution >= 0.6 is 0 Å². The molecule has 7 heteroatoms. The Hall–Kier alpha value is -3.03. The van der Waals surface area contributed by atoms with E-state index in [1.807, 2.05) is 0 Å². The number of aliphatic hydroxyl groups excluding tert-OH is 1. The summed E-state index contributed by atoms with van der Waals surface area (Å²) in [4.78, 5) is 0. The lowest BCUT2D eigenvalue weighted by molar-refractivity contribution is 0.179. The summed E-state index contributed by atoms with van der Waals surface area (Å²) in [5, 5.41) is 36.0. The Bertz CT molecular complexity index is 1020. The second-order valence-electron chi connectivity index (χ2n) is 6.85. The Labute approximate surface area is 161 Å². The first-order valence-electron chi connectivity index (χ1n) is 9.19. The van der Waals surface area contributed by atoms with Crippen LogP contribution in [0.25, 0.3) is 5.69 Å². The fourth-order valence-electron chi connectivity index (χ4n) is 3.68. The molecule has 0 radical (unpaired) electrons. The number of aromatic nitrogens is 2. The summed E-state index contributed by atoms with van der Waals surface area (Å²) in [5.74, 6) is -0.394. The topological polar surface area (TPSA) is 94.2 Å². The number of nitrogens with zero attached hydrogens (tertiary/aromatic N) is 2. The van der Waals surface area contributed by atoms with E-state index in [1.165, 1.54) is 12.1 Å². The van der Waals surface area contributed by atoms with Crippen LogP contribution in [-0.2, 0) is 6.42 Å². The fraction of sp³-hybridized carbons (Fsp3) is 0.238. The normalized spacial score (nSPS) is 17.1. The lowest BCUT2D eigenvalue weighted by atomic mass is 9.92. The van der Waals surface area contributed by atoms with Gasteiger partial charge in [-0.1, -0.05) is 24.3 Å². The molecule has 0 fully saturated rings. The second kappa shape index (κ2) is 7.53. The first-order valence-corrected chi connectivity index (χ1v) is 9.19. The Morgan fingerprint density at radius 1 is 1.21 bits per heavy atom. The van der Waals surface area contributed by atoms with Crippen LogP contribution in [0.5, 0.6) is 5.75 Å². The van der Waals surface area contributed by atoms with Crippen LogP contribution in [0, 0.1) is 11.2 Å². The Balaban J connectivity index is 1.58. The molecule has 0 spiro atoms. The second-order valence-corrected chi connectivity index (χ2v) is 6.85. The van der Waals surface area contributed by atoms with Crippen molar-refractivity contribution >= 4 is 5.71 Å². The SMILES string of the molecule is N=C(c1ccccc1O)C(O)N[C@@H]1CCCc2c1cnn2-c1ccccc1F. The number of rotatable bonds is 5. The summed E-state index contributed by atoms with van der Waals surface area (Å²) in [6, 6.07) is 12.7. The molecule has 0 saturated carbocycles. The number of aromatic hydroxyl groups is 1. The highest BCUT2D eigenvalue weighted by molar-refractivity contribution is 6.03. The van der Waals surface area contributed by atoms with Gasteiger partial charge in [0, 0.05) is 22.9 Å². The molecule has 1 aliphatic carbocycles. The molecule has 1 unspecified atom stereocenters. The average Bonchev–Trinajstić information content (AvgIpc) is 3.13. The highest BCUT2D eigenvalue weighted by Gasteiger charge is 2.28. The molecule has 2 atom stereocenters. The van der Waals surface area contributed by atoms with Crippen molar-refractivity contribution in [3.8, 4) is 11.4 Å². The van der Waals surface area contributed by atoms with Crippen molar-refractivity contribution in [2.45, 2.75) is 31.5 Å². The maximum atomic E-state index is 14.2. The van der Waals surface area contributed by atoms with E-state index < -0.39 is 6.23 Å². The minimum absolute atomic E-state index is 0.0509. The molecule has 2 aromatic carbocycles. The third kappa shape index (κ3) is 3.30. The van der Waals surface area contributed by atoms with Gasteiger partial charge in [-0.15, -0.1) is 0 Å². The fourth-order valence-corrected chi connectivity index (χ4v) is 3.68. The lowest BCUT2D eigenvalue weighted by Crippen LogP contribution is -2.40. The van der Waals surface area contributed by atoms with E-state index in [9.17, 15) is 14.6 Å². The van der Waals surface area contributed by atoms with Gasteiger partial charge in [-0.05, 0) is 43.5 Å². The van der Waals surface area contributed by atoms with Crippen molar-refractivity contribution in [1.29, 1.82) is 5.41 Å². The molecule has 1 heterocycles. The number of phenolic OH excluding ortho intramolecular Hbond substituents is 1. The molecule has 4 rings (SSSR count). The van der Waals surface area contributed by atoms with Crippen LogP contribution in [0.15, 0.2) is 54.7 Å². The molecule has 0 amide bonds. The predicted octanol–water partition coefficient (Wildman–Crippen LogP) is 3.07. The monoisotopic (exact) mass is 380 g/mol. The summed E-state index contributed by atoms with van der Waals surface area (Å²) in [7, 11) is 0. The molecule has 1 aromatic heterocycles. The third-order valence-electron chi connectivity index (χ3n) is 5.09. The quantitative estimate of drug-likeness (QED) is 0.404. The van der Waals surface area contributed by atoms with Crippen molar-refractivity contribution in [2.24, 2.45) is 0 Å². The zero-order valence-electron chi connectivity index (χ0n) is 15.1. The summed E-state index contributed by atoms with van der Waals surface area (Å²) in [5.41, 5.74) is 2.35. The molecule has 144 valence electrons. The molecule has 6 nitrogen and oxygen atoms in total. The minimum atomic E-state index is -1.25. The van der Waals surface area contributed by atoms with Crippen molar-refractivity contribution < 1.29 is 14.6 Å². The van der Waals surface area contributed by atoms with E-state index in [4.69, 9.17) is 5.41 Å². The minimum Gasteiger partial charge on any atom is -0.507 e. The highest BCUT2D eigenvalue weighted by Crippen LogP contribution is 2.32. The number of benzene rings is 2. The molecule has 0 saturated heterocycles. The van der Waals surface area contributed by atoms with E-state index in [1.54, 1.807) is 47.3 Å². The number of para-hydroxylation sites is 2. The first kappa shape index (κ1) is 18.3. The summed E-state index contributed by atoms with van der Waals surface area (Å²) in [6.45, 7) is 0. The summed E-state index contributed by atoms with van der Waals surface area (Å²) < 4.78 is 15.8. The largest absolute Gasteiger partial charge is 0.507 e. The number of aliphatic hydroxyl groups is 1. The maximum Gasteiger partial charge on any atom is 0.148 e. The molecule has 0 bridgehead atoms. The van der Waals surface area contributed by atoms with E-state index in [0.717, 1.165) is 30.5 Å². The van der Waals surface area contributed by atoms with E-state index in [0.29, 0.717) is 5.69 Å². The number of hydrogen-bond acceptors (Lipinski definition) is 5. The van der Waals surface area contributed by atoms with Crippen molar-refractivity contribution in [3.63, 3.8) is 0 Å². The van der Waals surface area contributed by atoms with Gasteiger partial charge in [0.15, 0.2) is 0 Å². The molecule has 1 aliphatic rings. The van der Waals surface area contributed by atoms with Crippen LogP contribution in [0.4, 0.5) is 4.39 Å². The zero-order chi connectivity index (χ0) is 19.7. The van der Waals surface area contributed by atoms with Crippen LogP contribution < -0.4 is 5.32 Å². The zero-order valence-corrected chi connectivity index (χ0v) is 15.1. The van der Waals surface area contributed by atoms with Gasteiger partial charge < -0.3 is 15.6 Å². The Morgan fingerprint density at radius 3 is 2.75 bits per heavy atom. The average molecular weight is 380 g/mol.